The quantitative estimate of drug-likeness (QED) is 0.671. The van der Waals surface area contributed by atoms with Crippen LogP contribution in [0.15, 0.2) is 0 Å². The van der Waals surface area contributed by atoms with Gasteiger partial charge in [0.15, 0.2) is 0 Å². The van der Waals surface area contributed by atoms with Crippen molar-refractivity contribution in [1.82, 2.24) is 0 Å². The van der Waals surface area contributed by atoms with Gasteiger partial charge in [-0.25, -0.2) is 0 Å². The van der Waals surface area contributed by atoms with Gasteiger partial charge in [-0.05, 0) is 30.1 Å². The molecule has 0 aromatic rings. The molecular formula is C22H42O6. The molecule has 0 radical (unpaired) electrons. The predicted molar refractivity (Wildman–Crippen MR) is 109 cm³/mol. The lowest BCUT2D eigenvalue weighted by molar-refractivity contribution is -0.103. The zero-order chi connectivity index (χ0) is 20.1. The summed E-state index contributed by atoms with van der Waals surface area (Å²) >= 11 is 0. The molecule has 3 atom stereocenters. The Morgan fingerprint density at radius 3 is 1.57 bits per heavy atom. The average Bonchev–Trinajstić information content (AvgIpc) is 2.67. The second-order valence-corrected chi connectivity index (χ2v) is 8.85. The molecule has 6 heteroatoms. The Morgan fingerprint density at radius 1 is 0.571 bits per heavy atom. The molecule has 1 saturated heterocycles. The van der Waals surface area contributed by atoms with E-state index in [0.29, 0.717) is 84.5 Å². The molecule has 6 nitrogen and oxygen atoms in total. The Morgan fingerprint density at radius 2 is 1.04 bits per heavy atom. The molecule has 0 amide bonds. The van der Waals surface area contributed by atoms with Crippen LogP contribution in [-0.2, 0) is 28.4 Å². The van der Waals surface area contributed by atoms with Gasteiger partial charge in [0.1, 0.15) is 0 Å². The van der Waals surface area contributed by atoms with E-state index in [2.05, 4.69) is 20.8 Å². The van der Waals surface area contributed by atoms with Gasteiger partial charge in [0.25, 0.3) is 0 Å². The van der Waals surface area contributed by atoms with E-state index in [-0.39, 0.29) is 11.5 Å². The molecule has 0 aromatic carbocycles. The highest BCUT2D eigenvalue weighted by Crippen LogP contribution is 2.44. The molecule has 0 aromatic heterocycles. The molecule has 2 rings (SSSR count). The van der Waals surface area contributed by atoms with Crippen molar-refractivity contribution in [3.05, 3.63) is 0 Å². The van der Waals surface area contributed by atoms with Crippen molar-refractivity contribution in [1.29, 1.82) is 0 Å². The Balaban J connectivity index is 1.87. The van der Waals surface area contributed by atoms with Crippen LogP contribution >= 0.6 is 0 Å². The highest BCUT2D eigenvalue weighted by molar-refractivity contribution is 4.88. The predicted octanol–water partition coefficient (Wildman–Crippen LogP) is 3.32. The normalized spacial score (nSPS) is 31.6. The SMILES string of the molecule is CC(C)(C)C1CCCCC1C1COCCOCCOCCOCCOCCO1. The summed E-state index contributed by atoms with van der Waals surface area (Å²) in [6.45, 7) is 13.6. The largest absolute Gasteiger partial charge is 0.377 e. The van der Waals surface area contributed by atoms with E-state index in [9.17, 15) is 0 Å². The van der Waals surface area contributed by atoms with Gasteiger partial charge in [-0.2, -0.15) is 0 Å². The second kappa shape index (κ2) is 13.9. The maximum absolute atomic E-state index is 6.30. The maximum atomic E-state index is 6.30. The fourth-order valence-corrected chi connectivity index (χ4v) is 4.31. The maximum Gasteiger partial charge on any atom is 0.0840 e. The average molecular weight is 403 g/mol. The molecule has 166 valence electrons. The first-order valence-corrected chi connectivity index (χ1v) is 11.1. The Kier molecular flexibility index (Phi) is 11.9. The molecule has 1 aliphatic carbocycles. The van der Waals surface area contributed by atoms with E-state index in [1.54, 1.807) is 0 Å². The molecule has 1 saturated carbocycles. The van der Waals surface area contributed by atoms with E-state index < -0.39 is 0 Å². The highest BCUT2D eigenvalue weighted by atomic mass is 16.6. The standard InChI is InChI=1S/C22H42O6/c1-22(2,3)20-7-5-4-6-19(20)21-18-27-15-14-25-11-10-23-8-9-24-12-13-26-16-17-28-21/h19-21H,4-18H2,1-3H3. The second-order valence-electron chi connectivity index (χ2n) is 8.85. The van der Waals surface area contributed by atoms with Gasteiger partial charge >= 0.3 is 0 Å². The van der Waals surface area contributed by atoms with E-state index in [4.69, 9.17) is 28.4 Å². The smallest absolute Gasteiger partial charge is 0.0840 e. The van der Waals surface area contributed by atoms with Crippen molar-refractivity contribution < 1.29 is 28.4 Å². The van der Waals surface area contributed by atoms with Gasteiger partial charge in [-0.3, -0.25) is 0 Å². The monoisotopic (exact) mass is 402 g/mol. The van der Waals surface area contributed by atoms with E-state index >= 15 is 0 Å². The molecule has 1 aliphatic heterocycles. The molecule has 2 fully saturated rings. The highest BCUT2D eigenvalue weighted by Gasteiger charge is 2.38. The molecule has 1 heterocycles. The lowest BCUT2D eigenvalue weighted by atomic mass is 9.65. The topological polar surface area (TPSA) is 55.4 Å². The summed E-state index contributed by atoms with van der Waals surface area (Å²) in [5.41, 5.74) is 0.289. The van der Waals surface area contributed by atoms with Crippen molar-refractivity contribution >= 4 is 0 Å². The van der Waals surface area contributed by atoms with Crippen LogP contribution in [0.5, 0.6) is 0 Å². The van der Waals surface area contributed by atoms with Gasteiger partial charge in [-0.1, -0.05) is 33.6 Å². The Labute approximate surface area is 171 Å². The minimum absolute atomic E-state index is 0.117. The Hall–Kier alpha value is -0.240. The summed E-state index contributed by atoms with van der Waals surface area (Å²) in [5.74, 6) is 1.20. The van der Waals surface area contributed by atoms with Crippen LogP contribution < -0.4 is 0 Å². The van der Waals surface area contributed by atoms with Gasteiger partial charge in [0.2, 0.25) is 0 Å². The number of hydrogen-bond donors (Lipinski definition) is 0. The lowest BCUT2D eigenvalue weighted by Gasteiger charge is -2.43. The van der Waals surface area contributed by atoms with Gasteiger partial charge in [0, 0.05) is 0 Å². The van der Waals surface area contributed by atoms with Crippen LogP contribution in [0.25, 0.3) is 0 Å². The third-order valence-electron chi connectivity index (χ3n) is 5.74. The molecule has 2 aliphatic rings. The third kappa shape index (κ3) is 9.51. The molecule has 0 N–H and O–H groups in total. The number of hydrogen-bond acceptors (Lipinski definition) is 6. The zero-order valence-electron chi connectivity index (χ0n) is 18.3. The van der Waals surface area contributed by atoms with E-state index in [0.717, 1.165) is 0 Å². The Bertz CT molecular complexity index is 366. The number of ether oxygens (including phenoxy) is 6. The molecule has 28 heavy (non-hydrogen) atoms. The summed E-state index contributed by atoms with van der Waals surface area (Å²) < 4.78 is 34.5. The van der Waals surface area contributed by atoms with Crippen molar-refractivity contribution in [2.45, 2.75) is 52.6 Å². The van der Waals surface area contributed by atoms with Crippen LogP contribution in [0.4, 0.5) is 0 Å². The molecule has 3 unspecified atom stereocenters. The first-order valence-electron chi connectivity index (χ1n) is 11.1. The van der Waals surface area contributed by atoms with Gasteiger partial charge in [0.05, 0.1) is 78.8 Å². The van der Waals surface area contributed by atoms with Crippen LogP contribution in [0, 0.1) is 17.3 Å². The summed E-state index contributed by atoms with van der Waals surface area (Å²) in [5, 5.41) is 0. The number of rotatable bonds is 1. The fourth-order valence-electron chi connectivity index (χ4n) is 4.31. The molecular weight excluding hydrogens is 360 g/mol. The van der Waals surface area contributed by atoms with Crippen LogP contribution in [-0.4, -0.2) is 78.8 Å². The minimum Gasteiger partial charge on any atom is -0.377 e. The van der Waals surface area contributed by atoms with Crippen molar-refractivity contribution in [3.63, 3.8) is 0 Å². The first-order chi connectivity index (χ1) is 13.6. The minimum atomic E-state index is 0.117. The summed E-state index contributed by atoms with van der Waals surface area (Å²) in [7, 11) is 0. The van der Waals surface area contributed by atoms with Crippen molar-refractivity contribution in [2.75, 3.05) is 72.7 Å². The van der Waals surface area contributed by atoms with Crippen LogP contribution in [0.2, 0.25) is 0 Å². The summed E-state index contributed by atoms with van der Waals surface area (Å²) in [6, 6.07) is 0. The van der Waals surface area contributed by atoms with Crippen LogP contribution in [0.1, 0.15) is 46.5 Å². The van der Waals surface area contributed by atoms with Crippen molar-refractivity contribution in [3.8, 4) is 0 Å². The zero-order valence-corrected chi connectivity index (χ0v) is 18.3. The van der Waals surface area contributed by atoms with Crippen molar-refractivity contribution in [2.24, 2.45) is 17.3 Å². The third-order valence-corrected chi connectivity index (χ3v) is 5.74. The van der Waals surface area contributed by atoms with Gasteiger partial charge < -0.3 is 28.4 Å². The van der Waals surface area contributed by atoms with E-state index in [1.165, 1.54) is 25.7 Å². The first kappa shape index (κ1) is 24.0. The summed E-state index contributed by atoms with van der Waals surface area (Å²) in [4.78, 5) is 0. The summed E-state index contributed by atoms with van der Waals surface area (Å²) in [6.07, 6.45) is 5.23. The van der Waals surface area contributed by atoms with Gasteiger partial charge in [-0.15, -0.1) is 0 Å². The van der Waals surface area contributed by atoms with E-state index in [1.807, 2.05) is 0 Å². The fraction of sp³-hybridized carbons (Fsp3) is 1.00. The van der Waals surface area contributed by atoms with Crippen LogP contribution in [0.3, 0.4) is 0 Å². The lowest BCUT2D eigenvalue weighted by Crippen LogP contribution is -2.42. The molecule has 0 spiro atoms. The molecule has 0 bridgehead atoms.